The molecule has 0 radical (unpaired) electrons. The fourth-order valence-corrected chi connectivity index (χ4v) is 3.45. The molecular weight excluding hydrogens is 344 g/mol. The number of carboxylic acid groups (broad SMARTS) is 1. The van der Waals surface area contributed by atoms with Crippen LogP contribution in [-0.4, -0.2) is 37.0 Å². The monoisotopic (exact) mass is 370 g/mol. The Balaban J connectivity index is 2.99. The first-order valence-electron chi connectivity index (χ1n) is 8.04. The van der Waals surface area contributed by atoms with Crippen LogP contribution in [0.1, 0.15) is 51.4 Å². The average Bonchev–Trinajstić information content (AvgIpc) is 2.44. The van der Waals surface area contributed by atoms with E-state index in [0.29, 0.717) is 0 Å². The largest absolute Gasteiger partial charge is 0.481 e. The molecule has 0 fully saturated rings. The van der Waals surface area contributed by atoms with Gasteiger partial charge in [0.2, 0.25) is 10.0 Å². The predicted molar refractivity (Wildman–Crippen MR) is 94.9 cm³/mol. The van der Waals surface area contributed by atoms with E-state index in [-0.39, 0.29) is 28.8 Å². The number of nitrogens with one attached hydrogen (secondary N) is 2. The van der Waals surface area contributed by atoms with E-state index in [0.717, 1.165) is 0 Å². The lowest BCUT2D eigenvalue weighted by molar-refractivity contribution is -0.138. The summed E-state index contributed by atoms with van der Waals surface area (Å²) in [5, 5.41) is 11.8. The van der Waals surface area contributed by atoms with Crippen molar-refractivity contribution in [2.75, 3.05) is 0 Å². The van der Waals surface area contributed by atoms with Gasteiger partial charge in [0.1, 0.15) is 0 Å². The van der Waals surface area contributed by atoms with Crippen molar-refractivity contribution in [2.24, 2.45) is 5.92 Å². The third-order valence-corrected chi connectivity index (χ3v) is 5.68. The Bertz CT molecular complexity index is 726. The molecule has 1 aromatic carbocycles. The molecule has 1 aromatic rings. The van der Waals surface area contributed by atoms with Crippen molar-refractivity contribution < 1.29 is 23.1 Å². The SMILES string of the molecule is CC(C)NS(=O)(=O)c1ccc(C(=O)NC(C)(CC(=O)O)C(C)C)cc1. The molecule has 0 bridgehead atoms. The van der Waals surface area contributed by atoms with Gasteiger partial charge in [0.25, 0.3) is 5.91 Å². The van der Waals surface area contributed by atoms with Gasteiger partial charge in [0.05, 0.1) is 16.9 Å². The van der Waals surface area contributed by atoms with Crippen LogP contribution in [0.15, 0.2) is 29.2 Å². The summed E-state index contributed by atoms with van der Waals surface area (Å²) in [6.45, 7) is 8.77. The minimum atomic E-state index is -3.63. The van der Waals surface area contributed by atoms with Crippen molar-refractivity contribution in [3.05, 3.63) is 29.8 Å². The summed E-state index contributed by atoms with van der Waals surface area (Å²) in [7, 11) is -3.63. The van der Waals surface area contributed by atoms with Gasteiger partial charge in [-0.15, -0.1) is 0 Å². The highest BCUT2D eigenvalue weighted by Crippen LogP contribution is 2.22. The van der Waals surface area contributed by atoms with Gasteiger partial charge >= 0.3 is 5.97 Å². The smallest absolute Gasteiger partial charge is 0.305 e. The van der Waals surface area contributed by atoms with Crippen LogP contribution in [0.5, 0.6) is 0 Å². The first-order valence-corrected chi connectivity index (χ1v) is 9.52. The second-order valence-electron chi connectivity index (χ2n) is 6.90. The van der Waals surface area contributed by atoms with E-state index in [1.54, 1.807) is 20.8 Å². The molecule has 0 aliphatic rings. The number of carbonyl (C=O) groups excluding carboxylic acids is 1. The highest BCUT2D eigenvalue weighted by molar-refractivity contribution is 7.89. The highest BCUT2D eigenvalue weighted by atomic mass is 32.2. The van der Waals surface area contributed by atoms with Gasteiger partial charge in [-0.1, -0.05) is 13.8 Å². The molecule has 7 nitrogen and oxygen atoms in total. The van der Waals surface area contributed by atoms with Crippen LogP contribution in [0.4, 0.5) is 0 Å². The van der Waals surface area contributed by atoms with Crippen molar-refractivity contribution in [1.82, 2.24) is 10.0 Å². The third-order valence-electron chi connectivity index (χ3n) is 4.01. The van der Waals surface area contributed by atoms with E-state index in [4.69, 9.17) is 5.11 Å². The lowest BCUT2D eigenvalue weighted by Crippen LogP contribution is -2.51. The van der Waals surface area contributed by atoms with Gasteiger partial charge in [0, 0.05) is 11.6 Å². The molecule has 0 aliphatic heterocycles. The Labute approximate surface area is 148 Å². The van der Waals surface area contributed by atoms with Gasteiger partial charge in [-0.25, -0.2) is 13.1 Å². The second kappa shape index (κ2) is 7.97. The maximum absolute atomic E-state index is 12.4. The van der Waals surface area contributed by atoms with Crippen molar-refractivity contribution in [1.29, 1.82) is 0 Å². The first kappa shape index (κ1) is 21.1. The number of sulfonamides is 1. The van der Waals surface area contributed by atoms with Gasteiger partial charge in [0.15, 0.2) is 0 Å². The number of benzene rings is 1. The molecular formula is C17H26N2O5S. The van der Waals surface area contributed by atoms with E-state index in [1.165, 1.54) is 24.3 Å². The fourth-order valence-electron chi connectivity index (χ4n) is 2.20. The number of aliphatic carboxylic acids is 1. The Hall–Kier alpha value is -1.93. The fraction of sp³-hybridized carbons (Fsp3) is 0.529. The maximum Gasteiger partial charge on any atom is 0.305 e. The molecule has 1 unspecified atom stereocenters. The van der Waals surface area contributed by atoms with Crippen molar-refractivity contribution in [3.8, 4) is 0 Å². The van der Waals surface area contributed by atoms with Gasteiger partial charge in [-0.3, -0.25) is 9.59 Å². The molecule has 1 rings (SSSR count). The van der Waals surface area contributed by atoms with E-state index >= 15 is 0 Å². The van der Waals surface area contributed by atoms with Crippen LogP contribution in [0.2, 0.25) is 0 Å². The molecule has 0 saturated heterocycles. The Morgan fingerprint density at radius 3 is 2.04 bits per heavy atom. The second-order valence-corrected chi connectivity index (χ2v) is 8.61. The Kier molecular flexibility index (Phi) is 6.73. The minimum absolute atomic E-state index is 0.0647. The van der Waals surface area contributed by atoms with Crippen molar-refractivity contribution in [3.63, 3.8) is 0 Å². The normalized spacial score (nSPS) is 14.4. The highest BCUT2D eigenvalue weighted by Gasteiger charge is 2.33. The Morgan fingerprint density at radius 2 is 1.64 bits per heavy atom. The van der Waals surface area contributed by atoms with E-state index in [1.807, 2.05) is 13.8 Å². The third kappa shape index (κ3) is 5.82. The summed E-state index contributed by atoms with van der Waals surface area (Å²) in [6, 6.07) is 5.28. The number of rotatable bonds is 8. The number of hydrogen-bond donors (Lipinski definition) is 3. The van der Waals surface area contributed by atoms with Gasteiger partial charge < -0.3 is 10.4 Å². The van der Waals surface area contributed by atoms with Crippen LogP contribution in [0, 0.1) is 5.92 Å². The summed E-state index contributed by atoms with van der Waals surface area (Å²) >= 11 is 0. The van der Waals surface area contributed by atoms with Gasteiger partial charge in [-0.05, 0) is 51.0 Å². The van der Waals surface area contributed by atoms with Gasteiger partial charge in [-0.2, -0.15) is 0 Å². The van der Waals surface area contributed by atoms with Crippen molar-refractivity contribution >= 4 is 21.9 Å². The number of hydrogen-bond acceptors (Lipinski definition) is 4. The quantitative estimate of drug-likeness (QED) is 0.648. The van der Waals surface area contributed by atoms with Crippen molar-refractivity contribution in [2.45, 2.75) is 57.5 Å². The Morgan fingerprint density at radius 1 is 1.12 bits per heavy atom. The molecule has 0 aliphatic carbocycles. The number of amides is 1. The summed E-state index contributed by atoms with van der Waals surface area (Å²) in [4.78, 5) is 23.5. The van der Waals surface area contributed by atoms with Crippen LogP contribution < -0.4 is 10.0 Å². The molecule has 0 aromatic heterocycles. The first-order chi connectivity index (χ1) is 11.4. The summed E-state index contributed by atoms with van der Waals surface area (Å²) in [6.07, 6.45) is -0.207. The maximum atomic E-state index is 12.4. The van der Waals surface area contributed by atoms with E-state index in [2.05, 4.69) is 10.0 Å². The summed E-state index contributed by atoms with van der Waals surface area (Å²) in [5.74, 6) is -1.54. The molecule has 25 heavy (non-hydrogen) atoms. The lowest BCUT2D eigenvalue weighted by atomic mass is 9.85. The molecule has 0 heterocycles. The molecule has 1 atom stereocenters. The van der Waals surface area contributed by atoms with E-state index in [9.17, 15) is 18.0 Å². The zero-order valence-electron chi connectivity index (χ0n) is 15.2. The lowest BCUT2D eigenvalue weighted by Gasteiger charge is -2.33. The van der Waals surface area contributed by atoms with Crippen LogP contribution >= 0.6 is 0 Å². The zero-order chi connectivity index (χ0) is 19.4. The number of carboxylic acids is 1. The topological polar surface area (TPSA) is 113 Å². The molecule has 1 amide bonds. The van der Waals surface area contributed by atoms with Crippen LogP contribution in [0.3, 0.4) is 0 Å². The van der Waals surface area contributed by atoms with E-state index < -0.39 is 27.4 Å². The molecule has 3 N–H and O–H groups in total. The summed E-state index contributed by atoms with van der Waals surface area (Å²) < 4.78 is 26.6. The molecule has 8 heteroatoms. The molecule has 0 saturated carbocycles. The summed E-state index contributed by atoms with van der Waals surface area (Å²) in [5.41, 5.74) is -0.645. The molecule has 140 valence electrons. The number of carbonyl (C=O) groups is 2. The molecule has 0 spiro atoms. The van der Waals surface area contributed by atoms with Crippen LogP contribution in [0.25, 0.3) is 0 Å². The van der Waals surface area contributed by atoms with Crippen LogP contribution in [-0.2, 0) is 14.8 Å². The standard InChI is InChI=1S/C17H26N2O5S/c1-11(2)17(5,10-15(20)21)18-16(22)13-6-8-14(9-7-13)25(23,24)19-12(3)4/h6-9,11-12,19H,10H2,1-5H3,(H,18,22)(H,20,21). The average molecular weight is 370 g/mol. The predicted octanol–water partition coefficient (Wildman–Crippen LogP) is 1.99. The minimum Gasteiger partial charge on any atom is -0.481 e. The zero-order valence-corrected chi connectivity index (χ0v) is 16.0.